The molecular weight excluding hydrogens is 250 g/mol. The molecule has 1 aromatic heterocycles. The maximum absolute atomic E-state index is 11.8. The molecule has 0 spiro atoms. The average Bonchev–Trinajstić information content (AvgIpc) is 3.04. The van der Waals surface area contributed by atoms with Gasteiger partial charge in [-0.05, 0) is 43.6 Å². The molecule has 0 aromatic carbocycles. The smallest absolute Gasteiger partial charge is 0.329 e. The fraction of sp³-hybridized carbons (Fsp3) is 0.538. The number of carbonyl (C=O) groups excluding carboxylic acids is 1. The lowest BCUT2D eigenvalue weighted by Gasteiger charge is -2.26. The van der Waals surface area contributed by atoms with Crippen LogP contribution in [0.5, 0.6) is 0 Å². The molecule has 1 heterocycles. The lowest BCUT2D eigenvalue weighted by molar-refractivity contribution is -0.147. The van der Waals surface area contributed by atoms with Crippen molar-refractivity contribution in [3.05, 3.63) is 22.4 Å². The molecule has 2 rings (SSSR count). The van der Waals surface area contributed by atoms with Crippen molar-refractivity contribution in [2.45, 2.75) is 38.1 Å². The molecule has 0 saturated heterocycles. The monoisotopic (exact) mass is 267 g/mol. The van der Waals surface area contributed by atoms with E-state index in [0.29, 0.717) is 12.8 Å². The molecule has 1 fully saturated rings. The van der Waals surface area contributed by atoms with Gasteiger partial charge in [-0.2, -0.15) is 0 Å². The number of hydrogen-bond acceptors (Lipinski definition) is 3. The Labute approximate surface area is 110 Å². The first-order chi connectivity index (χ1) is 8.52. The SMILES string of the molecule is CC(NC(=O)CCc1cccs1)(C(=O)O)C1CC1. The second-order valence-electron chi connectivity index (χ2n) is 4.91. The number of carboxylic acids is 1. The van der Waals surface area contributed by atoms with Gasteiger partial charge in [-0.25, -0.2) is 4.79 Å². The van der Waals surface area contributed by atoms with Gasteiger partial charge in [0.25, 0.3) is 0 Å². The van der Waals surface area contributed by atoms with Crippen LogP contribution >= 0.6 is 11.3 Å². The van der Waals surface area contributed by atoms with Crippen LogP contribution in [0.1, 0.15) is 31.1 Å². The maximum atomic E-state index is 11.8. The fourth-order valence-corrected chi connectivity index (χ4v) is 2.74. The van der Waals surface area contributed by atoms with E-state index in [1.807, 2.05) is 17.5 Å². The average molecular weight is 267 g/mol. The van der Waals surface area contributed by atoms with E-state index in [2.05, 4.69) is 5.32 Å². The molecule has 1 aliphatic carbocycles. The molecule has 18 heavy (non-hydrogen) atoms. The molecule has 1 saturated carbocycles. The first kappa shape index (κ1) is 13.1. The Hall–Kier alpha value is -1.36. The number of aryl methyl sites for hydroxylation is 1. The standard InChI is InChI=1S/C13H17NO3S/c1-13(12(16)17,9-4-5-9)14-11(15)7-6-10-3-2-8-18-10/h2-3,8-9H,4-7H2,1H3,(H,14,15)(H,16,17). The highest BCUT2D eigenvalue weighted by atomic mass is 32.1. The van der Waals surface area contributed by atoms with Gasteiger partial charge in [0.1, 0.15) is 5.54 Å². The van der Waals surface area contributed by atoms with Gasteiger partial charge in [0.05, 0.1) is 0 Å². The third-order valence-electron chi connectivity index (χ3n) is 3.42. The van der Waals surface area contributed by atoms with E-state index in [1.165, 1.54) is 0 Å². The summed E-state index contributed by atoms with van der Waals surface area (Å²) in [7, 11) is 0. The van der Waals surface area contributed by atoms with Gasteiger partial charge >= 0.3 is 5.97 Å². The van der Waals surface area contributed by atoms with Crippen LogP contribution in [0, 0.1) is 5.92 Å². The molecule has 4 nitrogen and oxygen atoms in total. The van der Waals surface area contributed by atoms with Crippen LogP contribution in [-0.4, -0.2) is 22.5 Å². The molecule has 2 N–H and O–H groups in total. The zero-order valence-corrected chi connectivity index (χ0v) is 11.1. The largest absolute Gasteiger partial charge is 0.480 e. The van der Waals surface area contributed by atoms with Crippen molar-refractivity contribution in [1.29, 1.82) is 0 Å². The van der Waals surface area contributed by atoms with Crippen molar-refractivity contribution in [1.82, 2.24) is 5.32 Å². The van der Waals surface area contributed by atoms with Crippen molar-refractivity contribution >= 4 is 23.2 Å². The lowest BCUT2D eigenvalue weighted by Crippen LogP contribution is -2.54. The Morgan fingerprint density at radius 1 is 1.56 bits per heavy atom. The molecule has 0 bridgehead atoms. The van der Waals surface area contributed by atoms with Crippen LogP contribution in [0.25, 0.3) is 0 Å². The van der Waals surface area contributed by atoms with Crippen molar-refractivity contribution in [2.24, 2.45) is 5.92 Å². The summed E-state index contributed by atoms with van der Waals surface area (Å²) in [6.45, 7) is 1.61. The molecule has 1 aromatic rings. The Morgan fingerprint density at radius 3 is 2.78 bits per heavy atom. The van der Waals surface area contributed by atoms with Gasteiger partial charge in [-0.15, -0.1) is 11.3 Å². The molecule has 0 radical (unpaired) electrons. The van der Waals surface area contributed by atoms with Crippen molar-refractivity contribution < 1.29 is 14.7 Å². The highest BCUT2D eigenvalue weighted by Gasteiger charge is 2.48. The highest BCUT2D eigenvalue weighted by Crippen LogP contribution is 2.39. The third kappa shape index (κ3) is 2.90. The predicted molar refractivity (Wildman–Crippen MR) is 69.5 cm³/mol. The number of carbonyl (C=O) groups is 2. The summed E-state index contributed by atoms with van der Waals surface area (Å²) in [5.74, 6) is -1.03. The minimum atomic E-state index is -1.09. The van der Waals surface area contributed by atoms with Crippen molar-refractivity contribution in [3.63, 3.8) is 0 Å². The van der Waals surface area contributed by atoms with Gasteiger partial charge in [-0.3, -0.25) is 4.79 Å². The molecule has 0 aliphatic heterocycles. The number of rotatable bonds is 6. The van der Waals surface area contributed by atoms with E-state index in [4.69, 9.17) is 0 Å². The highest BCUT2D eigenvalue weighted by molar-refractivity contribution is 7.09. The normalized spacial score (nSPS) is 18.1. The summed E-state index contributed by atoms with van der Waals surface area (Å²) in [4.78, 5) is 24.2. The Balaban J connectivity index is 1.87. The van der Waals surface area contributed by atoms with E-state index >= 15 is 0 Å². The summed E-state index contributed by atoms with van der Waals surface area (Å²) in [5, 5.41) is 13.9. The molecular formula is C13H17NO3S. The van der Waals surface area contributed by atoms with E-state index in [0.717, 1.165) is 17.7 Å². The molecule has 1 unspecified atom stereocenters. The van der Waals surface area contributed by atoms with Crippen LogP contribution < -0.4 is 5.32 Å². The Morgan fingerprint density at radius 2 is 2.28 bits per heavy atom. The van der Waals surface area contributed by atoms with E-state index < -0.39 is 11.5 Å². The number of nitrogens with one attached hydrogen (secondary N) is 1. The second-order valence-corrected chi connectivity index (χ2v) is 5.94. The number of carboxylic acid groups (broad SMARTS) is 1. The summed E-state index contributed by atoms with van der Waals surface area (Å²) in [5.41, 5.74) is -1.09. The van der Waals surface area contributed by atoms with Crippen LogP contribution in [0.4, 0.5) is 0 Å². The van der Waals surface area contributed by atoms with Crippen LogP contribution in [0.2, 0.25) is 0 Å². The first-order valence-corrected chi connectivity index (χ1v) is 6.97. The van der Waals surface area contributed by atoms with E-state index in [9.17, 15) is 14.7 Å². The zero-order chi connectivity index (χ0) is 13.2. The fourth-order valence-electron chi connectivity index (χ4n) is 2.03. The number of amides is 1. The van der Waals surface area contributed by atoms with Crippen molar-refractivity contribution in [3.8, 4) is 0 Å². The van der Waals surface area contributed by atoms with Crippen LogP contribution in [0.3, 0.4) is 0 Å². The Kier molecular flexibility index (Phi) is 3.71. The zero-order valence-electron chi connectivity index (χ0n) is 10.3. The molecule has 1 amide bonds. The topological polar surface area (TPSA) is 66.4 Å². The molecule has 1 aliphatic rings. The van der Waals surface area contributed by atoms with Gasteiger partial charge in [0, 0.05) is 11.3 Å². The summed E-state index contributed by atoms with van der Waals surface area (Å²) >= 11 is 1.61. The lowest BCUT2D eigenvalue weighted by atomic mass is 9.95. The number of aliphatic carboxylic acids is 1. The van der Waals surface area contributed by atoms with Gasteiger partial charge in [0.15, 0.2) is 0 Å². The van der Waals surface area contributed by atoms with Gasteiger partial charge in [-0.1, -0.05) is 6.07 Å². The number of thiophene rings is 1. The molecule has 5 heteroatoms. The van der Waals surface area contributed by atoms with Gasteiger partial charge < -0.3 is 10.4 Å². The molecule has 1 atom stereocenters. The van der Waals surface area contributed by atoms with Crippen molar-refractivity contribution in [2.75, 3.05) is 0 Å². The molecule has 98 valence electrons. The van der Waals surface area contributed by atoms with Gasteiger partial charge in [0.2, 0.25) is 5.91 Å². The summed E-state index contributed by atoms with van der Waals surface area (Å²) in [6, 6.07) is 3.93. The second kappa shape index (κ2) is 5.10. The minimum absolute atomic E-state index is 0.0840. The third-order valence-corrected chi connectivity index (χ3v) is 4.35. The Bertz CT molecular complexity index is 439. The maximum Gasteiger partial charge on any atom is 0.329 e. The summed E-state index contributed by atoms with van der Waals surface area (Å²) in [6.07, 6.45) is 2.78. The van der Waals surface area contributed by atoms with Crippen LogP contribution in [0.15, 0.2) is 17.5 Å². The summed E-state index contributed by atoms with van der Waals surface area (Å²) < 4.78 is 0. The van der Waals surface area contributed by atoms with E-state index in [1.54, 1.807) is 18.3 Å². The van der Waals surface area contributed by atoms with Crippen LogP contribution in [-0.2, 0) is 16.0 Å². The minimum Gasteiger partial charge on any atom is -0.480 e. The predicted octanol–water partition coefficient (Wildman–Crippen LogP) is 2.05. The quantitative estimate of drug-likeness (QED) is 0.829. The number of hydrogen-bond donors (Lipinski definition) is 2. The van der Waals surface area contributed by atoms with E-state index in [-0.39, 0.29) is 11.8 Å². The first-order valence-electron chi connectivity index (χ1n) is 6.09.